The van der Waals surface area contributed by atoms with E-state index in [1.54, 1.807) is 0 Å². The Labute approximate surface area is 111 Å². The molecule has 2 saturated heterocycles. The van der Waals surface area contributed by atoms with Crippen LogP contribution in [0.15, 0.2) is 0 Å². The third-order valence-corrected chi connectivity index (χ3v) is 3.66. The fourth-order valence-electron chi connectivity index (χ4n) is 2.59. The van der Waals surface area contributed by atoms with Crippen LogP contribution >= 0.6 is 0 Å². The van der Waals surface area contributed by atoms with Gasteiger partial charge in [-0.1, -0.05) is 0 Å². The van der Waals surface area contributed by atoms with Gasteiger partial charge in [0.2, 0.25) is 11.8 Å². The van der Waals surface area contributed by atoms with Crippen LogP contribution in [0.25, 0.3) is 0 Å². The number of carboxylic acids is 1. The number of aliphatic carboxylic acids is 1. The predicted octanol–water partition coefficient (Wildman–Crippen LogP) is -0.0135. The number of carbonyl (C=O) groups is 3. The number of carboxylic acid groups (broad SMARTS) is 1. The van der Waals surface area contributed by atoms with Gasteiger partial charge in [-0.2, -0.15) is 13.2 Å². The minimum Gasteiger partial charge on any atom is -0.481 e. The molecule has 0 radical (unpaired) electrons. The Kier molecular flexibility index (Phi) is 3.61. The summed E-state index contributed by atoms with van der Waals surface area (Å²) in [7, 11) is 0. The summed E-state index contributed by atoms with van der Waals surface area (Å²) in [4.78, 5) is 34.8. The quantitative estimate of drug-likeness (QED) is 0.750. The molecule has 6 nitrogen and oxygen atoms in total. The van der Waals surface area contributed by atoms with Gasteiger partial charge >= 0.3 is 12.1 Å². The zero-order chi connectivity index (χ0) is 15.1. The first-order chi connectivity index (χ1) is 9.20. The molecule has 0 aromatic carbocycles. The molecule has 2 N–H and O–H groups in total. The highest BCUT2D eigenvalue weighted by molar-refractivity contribution is 5.91. The Balaban J connectivity index is 2.10. The zero-order valence-corrected chi connectivity index (χ0v) is 10.3. The summed E-state index contributed by atoms with van der Waals surface area (Å²) in [5.74, 6) is -6.27. The monoisotopic (exact) mass is 294 g/mol. The largest absolute Gasteiger partial charge is 0.481 e. The van der Waals surface area contributed by atoms with Crippen molar-refractivity contribution in [1.82, 2.24) is 10.2 Å². The van der Waals surface area contributed by atoms with Crippen LogP contribution in [0.2, 0.25) is 0 Å². The second-order valence-electron chi connectivity index (χ2n) is 4.99. The standard InChI is InChI=1S/C11H13F3N2O4/c12-11(13,14)6-4-16(3-5(6)10(19)20)9(18)7-1-2-8(17)15-7/h5-7H,1-4H2,(H,15,17)(H,19,20)/t5-,6-,7?/m1/s1. The Morgan fingerprint density at radius 2 is 1.95 bits per heavy atom. The maximum Gasteiger partial charge on any atom is 0.394 e. The van der Waals surface area contributed by atoms with Crippen molar-refractivity contribution in [1.29, 1.82) is 0 Å². The van der Waals surface area contributed by atoms with Gasteiger partial charge in [-0.05, 0) is 6.42 Å². The number of nitrogens with zero attached hydrogens (tertiary/aromatic N) is 1. The van der Waals surface area contributed by atoms with E-state index in [1.165, 1.54) is 0 Å². The molecule has 0 aliphatic carbocycles. The van der Waals surface area contributed by atoms with E-state index in [9.17, 15) is 27.6 Å². The molecule has 0 aromatic heterocycles. The molecular weight excluding hydrogens is 281 g/mol. The molecular formula is C11H13F3N2O4. The van der Waals surface area contributed by atoms with Crippen molar-refractivity contribution in [2.75, 3.05) is 13.1 Å². The molecule has 0 bridgehead atoms. The summed E-state index contributed by atoms with van der Waals surface area (Å²) in [6, 6.07) is -0.844. The van der Waals surface area contributed by atoms with Crippen molar-refractivity contribution < 1.29 is 32.7 Å². The molecule has 2 amide bonds. The minimum absolute atomic E-state index is 0.148. The summed E-state index contributed by atoms with van der Waals surface area (Å²) >= 11 is 0. The Hall–Kier alpha value is -1.80. The number of likely N-dealkylation sites (tertiary alicyclic amines) is 1. The van der Waals surface area contributed by atoms with E-state index in [1.807, 2.05) is 0 Å². The van der Waals surface area contributed by atoms with Crippen LogP contribution in [-0.4, -0.2) is 53.1 Å². The number of hydrogen-bond donors (Lipinski definition) is 2. The van der Waals surface area contributed by atoms with E-state index < -0.39 is 49.0 Å². The van der Waals surface area contributed by atoms with Gasteiger partial charge in [0, 0.05) is 19.5 Å². The fourth-order valence-corrected chi connectivity index (χ4v) is 2.59. The maximum atomic E-state index is 12.8. The van der Waals surface area contributed by atoms with Crippen LogP contribution in [0.5, 0.6) is 0 Å². The van der Waals surface area contributed by atoms with E-state index in [4.69, 9.17) is 5.11 Å². The van der Waals surface area contributed by atoms with Crippen molar-refractivity contribution in [3.8, 4) is 0 Å². The number of rotatable bonds is 2. The molecule has 9 heteroatoms. The summed E-state index contributed by atoms with van der Waals surface area (Å²) in [6.07, 6.45) is -4.30. The van der Waals surface area contributed by atoms with Crippen LogP contribution in [-0.2, 0) is 14.4 Å². The fraction of sp³-hybridized carbons (Fsp3) is 0.727. The highest BCUT2D eigenvalue weighted by Crippen LogP contribution is 2.38. The number of carbonyl (C=O) groups excluding carboxylic acids is 2. The van der Waals surface area contributed by atoms with Crippen LogP contribution < -0.4 is 5.32 Å². The molecule has 2 aliphatic heterocycles. The van der Waals surface area contributed by atoms with E-state index in [0.717, 1.165) is 4.90 Å². The van der Waals surface area contributed by atoms with Gasteiger partial charge in [-0.3, -0.25) is 14.4 Å². The molecule has 2 rings (SSSR count). The van der Waals surface area contributed by atoms with Crippen molar-refractivity contribution in [3.63, 3.8) is 0 Å². The molecule has 3 atom stereocenters. The second kappa shape index (κ2) is 4.95. The predicted molar refractivity (Wildman–Crippen MR) is 58.4 cm³/mol. The number of nitrogens with one attached hydrogen (secondary N) is 1. The lowest BCUT2D eigenvalue weighted by molar-refractivity contribution is -0.188. The van der Waals surface area contributed by atoms with Crippen LogP contribution in [0.1, 0.15) is 12.8 Å². The lowest BCUT2D eigenvalue weighted by Gasteiger charge is -2.21. The average molecular weight is 294 g/mol. The van der Waals surface area contributed by atoms with Gasteiger partial charge in [-0.15, -0.1) is 0 Å². The van der Waals surface area contributed by atoms with Gasteiger partial charge < -0.3 is 15.3 Å². The van der Waals surface area contributed by atoms with Crippen molar-refractivity contribution in [2.24, 2.45) is 11.8 Å². The van der Waals surface area contributed by atoms with Crippen LogP contribution in [0.4, 0.5) is 13.2 Å². The van der Waals surface area contributed by atoms with E-state index >= 15 is 0 Å². The van der Waals surface area contributed by atoms with Crippen molar-refractivity contribution >= 4 is 17.8 Å². The molecule has 2 fully saturated rings. The topological polar surface area (TPSA) is 86.7 Å². The zero-order valence-electron chi connectivity index (χ0n) is 10.3. The maximum absolute atomic E-state index is 12.8. The van der Waals surface area contributed by atoms with E-state index in [2.05, 4.69) is 5.32 Å². The summed E-state index contributed by atoms with van der Waals surface area (Å²) in [5.41, 5.74) is 0. The molecule has 0 spiro atoms. The molecule has 2 aliphatic rings. The first-order valence-electron chi connectivity index (χ1n) is 6.08. The van der Waals surface area contributed by atoms with Gasteiger partial charge in [0.15, 0.2) is 0 Å². The molecule has 112 valence electrons. The van der Waals surface area contributed by atoms with Gasteiger partial charge in [0.1, 0.15) is 6.04 Å². The molecule has 2 heterocycles. The van der Waals surface area contributed by atoms with Gasteiger partial charge in [0.25, 0.3) is 0 Å². The normalized spacial score (nSPS) is 30.4. The Bertz CT molecular complexity index is 451. The SMILES string of the molecule is O=C1CCC(C(=O)N2C[C@@H](C(F)(F)F)[C@H](C(=O)O)C2)N1. The number of amides is 2. The van der Waals surface area contributed by atoms with Gasteiger partial charge in [0.05, 0.1) is 11.8 Å². The summed E-state index contributed by atoms with van der Waals surface area (Å²) in [5, 5.41) is 11.2. The number of halogens is 3. The summed E-state index contributed by atoms with van der Waals surface area (Å²) in [6.45, 7) is -1.16. The van der Waals surface area contributed by atoms with E-state index in [0.29, 0.717) is 0 Å². The van der Waals surface area contributed by atoms with Crippen LogP contribution in [0, 0.1) is 11.8 Å². The highest BCUT2D eigenvalue weighted by Gasteiger charge is 2.54. The third-order valence-electron chi connectivity index (χ3n) is 3.66. The number of hydrogen-bond acceptors (Lipinski definition) is 3. The van der Waals surface area contributed by atoms with Crippen LogP contribution in [0.3, 0.4) is 0 Å². The smallest absolute Gasteiger partial charge is 0.394 e. The number of alkyl halides is 3. The first-order valence-corrected chi connectivity index (χ1v) is 6.08. The average Bonchev–Trinajstić information content (AvgIpc) is 2.93. The van der Waals surface area contributed by atoms with E-state index in [-0.39, 0.29) is 18.7 Å². The molecule has 20 heavy (non-hydrogen) atoms. The Morgan fingerprint density at radius 3 is 2.35 bits per heavy atom. The Morgan fingerprint density at radius 1 is 1.30 bits per heavy atom. The first kappa shape index (κ1) is 14.6. The second-order valence-corrected chi connectivity index (χ2v) is 4.99. The lowest BCUT2D eigenvalue weighted by atomic mass is 9.96. The van der Waals surface area contributed by atoms with Gasteiger partial charge in [-0.25, -0.2) is 0 Å². The summed E-state index contributed by atoms with van der Waals surface area (Å²) < 4.78 is 38.3. The van der Waals surface area contributed by atoms with Crippen molar-refractivity contribution in [3.05, 3.63) is 0 Å². The molecule has 0 aromatic rings. The molecule has 0 saturated carbocycles. The third kappa shape index (κ3) is 2.70. The molecule has 1 unspecified atom stereocenters. The minimum atomic E-state index is -4.67. The van der Waals surface area contributed by atoms with Crippen molar-refractivity contribution in [2.45, 2.75) is 25.1 Å². The lowest BCUT2D eigenvalue weighted by Crippen LogP contribution is -2.44. The highest BCUT2D eigenvalue weighted by atomic mass is 19.4.